The smallest absolute Gasteiger partial charge is 0.150 e. The molecule has 0 spiro atoms. The fourth-order valence-electron chi connectivity index (χ4n) is 2.00. The number of hydrogen-bond acceptors (Lipinski definition) is 4. The first-order chi connectivity index (χ1) is 6.05. The number of aliphatic hydroxyl groups is 1. The summed E-state index contributed by atoms with van der Waals surface area (Å²) in [5.41, 5.74) is -0.403. The average Bonchev–Trinajstić information content (AvgIpc) is 2.78. The van der Waals surface area contributed by atoms with Crippen LogP contribution in [0.2, 0.25) is 0 Å². The molecule has 2 aliphatic heterocycles. The third-order valence-electron chi connectivity index (χ3n) is 2.87. The summed E-state index contributed by atoms with van der Waals surface area (Å²) in [4.78, 5) is 0. The summed E-state index contributed by atoms with van der Waals surface area (Å²) in [5.74, 6) is 0.358. The van der Waals surface area contributed by atoms with Crippen LogP contribution in [0, 0.1) is 5.41 Å². The van der Waals surface area contributed by atoms with Crippen LogP contribution in [-0.4, -0.2) is 44.3 Å². The molecule has 4 nitrogen and oxygen atoms in total. The van der Waals surface area contributed by atoms with Crippen LogP contribution >= 0.6 is 0 Å². The first-order valence-electron chi connectivity index (χ1n) is 4.48. The van der Waals surface area contributed by atoms with Gasteiger partial charge < -0.3 is 9.84 Å². The standard InChI is InChI=1S/C8H14O4S/c9-5-8(3-7-4-12-7)1-2-13(10,11)6-8/h7,9H,1-6H2. The molecule has 2 aliphatic rings. The minimum atomic E-state index is -2.90. The van der Waals surface area contributed by atoms with E-state index in [1.54, 1.807) is 0 Å². The number of rotatable bonds is 3. The van der Waals surface area contributed by atoms with Crippen molar-refractivity contribution in [2.75, 3.05) is 24.7 Å². The molecule has 0 aliphatic carbocycles. The minimum absolute atomic E-state index is 0.0356. The normalized spacial score (nSPS) is 42.1. The van der Waals surface area contributed by atoms with Crippen LogP contribution in [0.3, 0.4) is 0 Å². The molecule has 2 heterocycles. The van der Waals surface area contributed by atoms with Crippen LogP contribution in [0.25, 0.3) is 0 Å². The van der Waals surface area contributed by atoms with E-state index >= 15 is 0 Å². The fourth-order valence-corrected chi connectivity index (χ4v) is 4.18. The van der Waals surface area contributed by atoms with Crippen LogP contribution in [0.15, 0.2) is 0 Å². The van der Waals surface area contributed by atoms with Gasteiger partial charge in [-0.3, -0.25) is 0 Å². The van der Waals surface area contributed by atoms with Gasteiger partial charge in [0.15, 0.2) is 9.84 Å². The van der Waals surface area contributed by atoms with Crippen LogP contribution in [0.5, 0.6) is 0 Å². The van der Waals surface area contributed by atoms with Crippen molar-refractivity contribution in [3.63, 3.8) is 0 Å². The van der Waals surface area contributed by atoms with Gasteiger partial charge in [0.1, 0.15) is 0 Å². The summed E-state index contributed by atoms with van der Waals surface area (Å²) in [6, 6.07) is 0. The minimum Gasteiger partial charge on any atom is -0.396 e. The second kappa shape index (κ2) is 2.93. The van der Waals surface area contributed by atoms with Crippen molar-refractivity contribution in [2.24, 2.45) is 5.41 Å². The van der Waals surface area contributed by atoms with Crippen molar-refractivity contribution in [3.05, 3.63) is 0 Å². The number of hydrogen-bond donors (Lipinski definition) is 1. The van der Waals surface area contributed by atoms with E-state index in [1.807, 2.05) is 0 Å². The molecule has 0 aromatic heterocycles. The van der Waals surface area contributed by atoms with Gasteiger partial charge in [-0.15, -0.1) is 0 Å². The maximum absolute atomic E-state index is 11.3. The summed E-state index contributed by atoms with van der Waals surface area (Å²) in [7, 11) is -2.90. The van der Waals surface area contributed by atoms with Gasteiger partial charge in [0.05, 0.1) is 24.2 Å². The zero-order chi connectivity index (χ0) is 9.53. The molecule has 5 heteroatoms. The van der Waals surface area contributed by atoms with E-state index in [9.17, 15) is 13.5 Å². The molecule has 2 unspecified atom stereocenters. The van der Waals surface area contributed by atoms with Crippen molar-refractivity contribution >= 4 is 9.84 Å². The lowest BCUT2D eigenvalue weighted by Crippen LogP contribution is -2.28. The van der Waals surface area contributed by atoms with Crippen molar-refractivity contribution in [2.45, 2.75) is 18.9 Å². The summed E-state index contributed by atoms with van der Waals surface area (Å²) >= 11 is 0. The topological polar surface area (TPSA) is 66.9 Å². The molecule has 0 amide bonds. The van der Waals surface area contributed by atoms with Crippen LogP contribution in [0.1, 0.15) is 12.8 Å². The van der Waals surface area contributed by atoms with Crippen molar-refractivity contribution < 1.29 is 18.3 Å². The highest BCUT2D eigenvalue weighted by atomic mass is 32.2. The Bertz CT molecular complexity index is 293. The Morgan fingerprint density at radius 3 is 2.62 bits per heavy atom. The molecule has 76 valence electrons. The number of aliphatic hydroxyl groups excluding tert-OH is 1. The van der Waals surface area contributed by atoms with Crippen molar-refractivity contribution in [1.82, 2.24) is 0 Å². The Hall–Kier alpha value is -0.130. The summed E-state index contributed by atoms with van der Waals surface area (Å²) in [5, 5.41) is 9.21. The number of epoxide rings is 1. The monoisotopic (exact) mass is 206 g/mol. The molecular formula is C8H14O4S. The summed E-state index contributed by atoms with van der Waals surface area (Å²) in [6.07, 6.45) is 1.48. The first kappa shape index (κ1) is 9.43. The Balaban J connectivity index is 2.07. The van der Waals surface area contributed by atoms with Gasteiger partial charge in [-0.05, 0) is 12.8 Å². The van der Waals surface area contributed by atoms with Gasteiger partial charge in [-0.2, -0.15) is 0 Å². The van der Waals surface area contributed by atoms with Crippen LogP contribution in [-0.2, 0) is 14.6 Å². The lowest BCUT2D eigenvalue weighted by atomic mass is 9.84. The zero-order valence-electron chi connectivity index (χ0n) is 7.40. The SMILES string of the molecule is O=S1(=O)CCC(CO)(CC2CO2)C1. The molecule has 2 fully saturated rings. The van der Waals surface area contributed by atoms with Gasteiger partial charge in [-0.25, -0.2) is 8.42 Å². The van der Waals surface area contributed by atoms with Crippen molar-refractivity contribution in [1.29, 1.82) is 0 Å². The first-order valence-corrected chi connectivity index (χ1v) is 6.30. The predicted octanol–water partition coefficient (Wildman–Crippen LogP) is -0.428. The van der Waals surface area contributed by atoms with Crippen LogP contribution in [0.4, 0.5) is 0 Å². The quantitative estimate of drug-likeness (QED) is 0.636. The van der Waals surface area contributed by atoms with E-state index < -0.39 is 15.3 Å². The third-order valence-corrected chi connectivity index (χ3v) is 4.75. The van der Waals surface area contributed by atoms with E-state index in [4.69, 9.17) is 4.74 Å². The van der Waals surface area contributed by atoms with Gasteiger partial charge in [-0.1, -0.05) is 0 Å². The highest BCUT2D eigenvalue weighted by molar-refractivity contribution is 7.91. The van der Waals surface area contributed by atoms with Crippen LogP contribution < -0.4 is 0 Å². The molecule has 2 rings (SSSR count). The summed E-state index contributed by atoms with van der Waals surface area (Å²) in [6.45, 7) is 0.688. The van der Waals surface area contributed by atoms with Gasteiger partial charge in [0.25, 0.3) is 0 Å². The van der Waals surface area contributed by atoms with Gasteiger partial charge >= 0.3 is 0 Å². The average molecular weight is 206 g/mol. The lowest BCUT2D eigenvalue weighted by molar-refractivity contribution is 0.128. The van der Waals surface area contributed by atoms with Gasteiger partial charge in [0, 0.05) is 12.0 Å². The highest BCUT2D eigenvalue weighted by Gasteiger charge is 2.45. The molecular weight excluding hydrogens is 192 g/mol. The Morgan fingerprint density at radius 1 is 1.54 bits per heavy atom. The fraction of sp³-hybridized carbons (Fsp3) is 1.00. The Labute approximate surface area is 77.8 Å². The number of sulfone groups is 1. The second-order valence-electron chi connectivity index (χ2n) is 4.16. The molecule has 0 aromatic rings. The molecule has 2 saturated heterocycles. The zero-order valence-corrected chi connectivity index (χ0v) is 8.22. The van der Waals surface area contributed by atoms with Crippen molar-refractivity contribution in [3.8, 4) is 0 Å². The predicted molar refractivity (Wildman–Crippen MR) is 47.1 cm³/mol. The molecule has 0 aromatic carbocycles. The largest absolute Gasteiger partial charge is 0.396 e. The van der Waals surface area contributed by atoms with E-state index in [0.717, 1.165) is 6.61 Å². The number of ether oxygens (including phenoxy) is 1. The molecule has 0 radical (unpaired) electrons. The van der Waals surface area contributed by atoms with E-state index in [2.05, 4.69) is 0 Å². The van der Waals surface area contributed by atoms with E-state index in [-0.39, 0.29) is 24.2 Å². The maximum Gasteiger partial charge on any atom is 0.150 e. The molecule has 1 N–H and O–H groups in total. The maximum atomic E-state index is 11.3. The second-order valence-corrected chi connectivity index (χ2v) is 6.34. The van der Waals surface area contributed by atoms with Gasteiger partial charge in [0.2, 0.25) is 0 Å². The Kier molecular flexibility index (Phi) is 2.13. The molecule has 0 saturated carbocycles. The molecule has 13 heavy (non-hydrogen) atoms. The third kappa shape index (κ3) is 2.03. The van der Waals surface area contributed by atoms with E-state index in [1.165, 1.54) is 0 Å². The lowest BCUT2D eigenvalue weighted by Gasteiger charge is -2.23. The Morgan fingerprint density at radius 2 is 2.23 bits per heavy atom. The molecule has 2 atom stereocenters. The highest BCUT2D eigenvalue weighted by Crippen LogP contribution is 2.39. The van der Waals surface area contributed by atoms with E-state index in [0.29, 0.717) is 12.8 Å². The summed E-state index contributed by atoms with van der Waals surface area (Å²) < 4.78 is 27.6. The molecule has 0 bridgehead atoms.